The molecule has 0 spiro atoms. The monoisotopic (exact) mass is 310 g/mol. The van der Waals surface area contributed by atoms with E-state index in [2.05, 4.69) is 5.32 Å². The summed E-state index contributed by atoms with van der Waals surface area (Å²) in [5.74, 6) is -1.81. The van der Waals surface area contributed by atoms with Gasteiger partial charge in [0.15, 0.2) is 11.6 Å². The Morgan fingerprint density at radius 2 is 2.18 bits per heavy atom. The molecule has 2 aliphatic rings. The number of benzene rings is 1. The van der Waals surface area contributed by atoms with Crippen molar-refractivity contribution in [2.24, 2.45) is 5.92 Å². The lowest BCUT2D eigenvalue weighted by Crippen LogP contribution is -2.49. The van der Waals surface area contributed by atoms with Crippen LogP contribution in [-0.4, -0.2) is 41.6 Å². The van der Waals surface area contributed by atoms with E-state index in [0.717, 1.165) is 38.2 Å². The molecule has 0 saturated carbocycles. The van der Waals surface area contributed by atoms with Crippen molar-refractivity contribution in [1.29, 1.82) is 0 Å². The van der Waals surface area contributed by atoms with Gasteiger partial charge >= 0.3 is 0 Å². The van der Waals surface area contributed by atoms with Crippen LogP contribution in [0.25, 0.3) is 0 Å². The van der Waals surface area contributed by atoms with Crippen molar-refractivity contribution in [2.45, 2.75) is 31.4 Å². The molecule has 2 fully saturated rings. The number of aliphatic hydroxyl groups excluding tert-OH is 1. The Hall–Kier alpha value is -1.53. The van der Waals surface area contributed by atoms with Crippen molar-refractivity contribution < 1.29 is 18.7 Å². The van der Waals surface area contributed by atoms with Crippen LogP contribution in [0, 0.1) is 17.6 Å². The van der Waals surface area contributed by atoms with E-state index in [1.165, 1.54) is 6.07 Å². The van der Waals surface area contributed by atoms with Gasteiger partial charge in [-0.05, 0) is 37.0 Å². The standard InChI is InChI=1S/C16H20F2N2O2/c17-13-3-1-10(8-14(13)18)15(21)4-2-11-7-12-9-19-5-6-20(12)16(11)22/h1,3,8,11-12,15,19,21H,2,4-7,9H2/t11-,12-,15?/m0/s1. The lowest BCUT2D eigenvalue weighted by Gasteiger charge is -2.30. The molecule has 2 saturated heterocycles. The summed E-state index contributed by atoms with van der Waals surface area (Å²) in [6.07, 6.45) is 0.858. The van der Waals surface area contributed by atoms with E-state index < -0.39 is 17.7 Å². The molecule has 0 aliphatic carbocycles. The highest BCUT2D eigenvalue weighted by Gasteiger charge is 2.40. The number of halogens is 2. The maximum Gasteiger partial charge on any atom is 0.226 e. The number of nitrogens with one attached hydrogen (secondary N) is 1. The molecule has 1 unspecified atom stereocenters. The number of nitrogens with zero attached hydrogens (tertiary/aromatic N) is 1. The van der Waals surface area contributed by atoms with E-state index in [1.54, 1.807) is 0 Å². The van der Waals surface area contributed by atoms with Gasteiger partial charge in [0.25, 0.3) is 0 Å². The summed E-state index contributed by atoms with van der Waals surface area (Å²) in [5.41, 5.74) is 0.351. The van der Waals surface area contributed by atoms with Gasteiger partial charge in [-0.2, -0.15) is 0 Å². The molecule has 2 N–H and O–H groups in total. The van der Waals surface area contributed by atoms with Crippen LogP contribution in [0.3, 0.4) is 0 Å². The van der Waals surface area contributed by atoms with Crippen LogP contribution in [0.4, 0.5) is 8.78 Å². The fourth-order valence-electron chi connectivity index (χ4n) is 3.41. The summed E-state index contributed by atoms with van der Waals surface area (Å²) in [4.78, 5) is 14.2. The quantitative estimate of drug-likeness (QED) is 0.888. The average Bonchev–Trinajstić information content (AvgIpc) is 2.84. The molecule has 0 aromatic heterocycles. The second-order valence-corrected chi connectivity index (χ2v) is 6.09. The van der Waals surface area contributed by atoms with Gasteiger partial charge < -0.3 is 15.3 Å². The molecule has 2 aliphatic heterocycles. The fourth-order valence-corrected chi connectivity index (χ4v) is 3.41. The van der Waals surface area contributed by atoms with Crippen molar-refractivity contribution in [3.8, 4) is 0 Å². The van der Waals surface area contributed by atoms with Crippen LogP contribution >= 0.6 is 0 Å². The minimum Gasteiger partial charge on any atom is -0.388 e. The number of piperazine rings is 1. The van der Waals surface area contributed by atoms with Crippen LogP contribution in [0.1, 0.15) is 30.9 Å². The first kappa shape index (κ1) is 15.4. The largest absolute Gasteiger partial charge is 0.388 e. The molecule has 22 heavy (non-hydrogen) atoms. The molecule has 3 atom stereocenters. The van der Waals surface area contributed by atoms with E-state index >= 15 is 0 Å². The van der Waals surface area contributed by atoms with Gasteiger partial charge in [0, 0.05) is 31.6 Å². The molecule has 2 heterocycles. The second kappa shape index (κ2) is 6.30. The first-order chi connectivity index (χ1) is 10.6. The summed E-state index contributed by atoms with van der Waals surface area (Å²) in [5, 5.41) is 13.4. The molecule has 6 heteroatoms. The van der Waals surface area contributed by atoms with Crippen molar-refractivity contribution in [3.05, 3.63) is 35.4 Å². The predicted molar refractivity (Wildman–Crippen MR) is 77.0 cm³/mol. The Morgan fingerprint density at radius 3 is 2.91 bits per heavy atom. The van der Waals surface area contributed by atoms with E-state index in [4.69, 9.17) is 0 Å². The van der Waals surface area contributed by atoms with E-state index in [9.17, 15) is 18.7 Å². The third-order valence-corrected chi connectivity index (χ3v) is 4.66. The molecule has 1 aromatic rings. The Morgan fingerprint density at radius 1 is 1.36 bits per heavy atom. The number of aliphatic hydroxyl groups is 1. The van der Waals surface area contributed by atoms with Crippen LogP contribution in [-0.2, 0) is 4.79 Å². The molecule has 120 valence electrons. The number of hydrogen-bond acceptors (Lipinski definition) is 3. The highest BCUT2D eigenvalue weighted by Crippen LogP contribution is 2.31. The fraction of sp³-hybridized carbons (Fsp3) is 0.562. The molecule has 0 radical (unpaired) electrons. The van der Waals surface area contributed by atoms with E-state index in [1.807, 2.05) is 4.90 Å². The van der Waals surface area contributed by atoms with Crippen LogP contribution in [0.2, 0.25) is 0 Å². The highest BCUT2D eigenvalue weighted by molar-refractivity contribution is 5.81. The summed E-state index contributed by atoms with van der Waals surface area (Å²) in [7, 11) is 0. The summed E-state index contributed by atoms with van der Waals surface area (Å²) in [6.45, 7) is 2.39. The van der Waals surface area contributed by atoms with E-state index in [0.29, 0.717) is 18.4 Å². The zero-order valence-corrected chi connectivity index (χ0v) is 12.3. The maximum absolute atomic E-state index is 13.2. The lowest BCUT2D eigenvalue weighted by molar-refractivity contribution is -0.132. The summed E-state index contributed by atoms with van der Waals surface area (Å²) in [6, 6.07) is 3.67. The Bertz CT molecular complexity index is 567. The first-order valence-corrected chi connectivity index (χ1v) is 7.70. The number of rotatable bonds is 4. The number of amides is 1. The predicted octanol–water partition coefficient (Wildman–Crippen LogP) is 1.60. The topological polar surface area (TPSA) is 52.6 Å². The third-order valence-electron chi connectivity index (χ3n) is 4.66. The minimum atomic E-state index is -0.961. The first-order valence-electron chi connectivity index (χ1n) is 7.70. The summed E-state index contributed by atoms with van der Waals surface area (Å²) < 4.78 is 26.1. The zero-order chi connectivity index (χ0) is 15.7. The van der Waals surface area contributed by atoms with Gasteiger partial charge in [-0.15, -0.1) is 0 Å². The molecule has 4 nitrogen and oxygen atoms in total. The number of carbonyl (C=O) groups excluding carboxylic acids is 1. The van der Waals surface area contributed by atoms with Gasteiger partial charge in [0.2, 0.25) is 5.91 Å². The molecule has 0 bridgehead atoms. The van der Waals surface area contributed by atoms with Gasteiger partial charge in [0.05, 0.1) is 6.10 Å². The number of fused-ring (bicyclic) bond motifs is 1. The molecular formula is C16H20F2N2O2. The lowest BCUT2D eigenvalue weighted by atomic mass is 9.95. The Balaban J connectivity index is 1.58. The SMILES string of the molecule is O=C1[C@@H](CCC(O)c2ccc(F)c(F)c2)C[C@H]2CNCCN12. The smallest absolute Gasteiger partial charge is 0.226 e. The molecule has 3 rings (SSSR count). The van der Waals surface area contributed by atoms with Crippen LogP contribution in [0.15, 0.2) is 18.2 Å². The second-order valence-electron chi connectivity index (χ2n) is 6.09. The number of hydrogen-bond donors (Lipinski definition) is 2. The van der Waals surface area contributed by atoms with Gasteiger partial charge in [-0.3, -0.25) is 4.79 Å². The average molecular weight is 310 g/mol. The molecular weight excluding hydrogens is 290 g/mol. The van der Waals surface area contributed by atoms with Gasteiger partial charge in [0.1, 0.15) is 0 Å². The normalized spacial score (nSPS) is 26.1. The van der Waals surface area contributed by atoms with Crippen molar-refractivity contribution in [2.75, 3.05) is 19.6 Å². The van der Waals surface area contributed by atoms with Gasteiger partial charge in [-0.1, -0.05) is 6.07 Å². The van der Waals surface area contributed by atoms with Crippen molar-refractivity contribution in [3.63, 3.8) is 0 Å². The van der Waals surface area contributed by atoms with Crippen molar-refractivity contribution >= 4 is 5.91 Å². The maximum atomic E-state index is 13.2. The highest BCUT2D eigenvalue weighted by atomic mass is 19.2. The van der Waals surface area contributed by atoms with Gasteiger partial charge in [-0.25, -0.2) is 8.78 Å². The van der Waals surface area contributed by atoms with Crippen LogP contribution < -0.4 is 5.32 Å². The van der Waals surface area contributed by atoms with E-state index in [-0.39, 0.29) is 17.9 Å². The minimum absolute atomic E-state index is 0.0788. The molecule has 1 amide bonds. The Labute approximate surface area is 128 Å². The number of carbonyl (C=O) groups is 1. The Kier molecular flexibility index (Phi) is 4.40. The third kappa shape index (κ3) is 2.98. The van der Waals surface area contributed by atoms with Crippen molar-refractivity contribution in [1.82, 2.24) is 10.2 Å². The molecule has 1 aromatic carbocycles. The zero-order valence-electron chi connectivity index (χ0n) is 12.3. The summed E-state index contributed by atoms with van der Waals surface area (Å²) >= 11 is 0. The van der Waals surface area contributed by atoms with Crippen LogP contribution in [0.5, 0.6) is 0 Å².